The van der Waals surface area contributed by atoms with Crippen molar-refractivity contribution in [2.24, 2.45) is 0 Å². The maximum absolute atomic E-state index is 12.2. The van der Waals surface area contributed by atoms with E-state index in [4.69, 9.17) is 22.4 Å². The Balaban J connectivity index is 2.09. The smallest absolute Gasteiger partial charge is 0.335 e. The fourth-order valence-electron chi connectivity index (χ4n) is 1.55. The molecule has 0 radical (unpaired) electrons. The van der Waals surface area contributed by atoms with Crippen LogP contribution in [0, 0.1) is 0 Å². The van der Waals surface area contributed by atoms with Crippen molar-refractivity contribution in [2.75, 3.05) is 11.1 Å². The summed E-state index contributed by atoms with van der Waals surface area (Å²) in [6.45, 7) is 1.65. The van der Waals surface area contributed by atoms with Crippen molar-refractivity contribution >= 4 is 46.9 Å². The Kier molecular flexibility index (Phi) is 5.35. The third-order valence-electron chi connectivity index (χ3n) is 2.69. The molecule has 120 valence electrons. The predicted octanol–water partition coefficient (Wildman–Crippen LogP) is 1.92. The first-order valence-corrected chi connectivity index (χ1v) is 7.57. The molecule has 1 atom stereocenters. The SMILES string of the molecule is CC(Sc1ncnc(N)n1)C(=O)Nc1cc(C(=O)O)ccc1Cl. The van der Waals surface area contributed by atoms with Crippen molar-refractivity contribution in [3.63, 3.8) is 0 Å². The van der Waals surface area contributed by atoms with Gasteiger partial charge in [0.25, 0.3) is 0 Å². The van der Waals surface area contributed by atoms with Gasteiger partial charge >= 0.3 is 5.97 Å². The minimum Gasteiger partial charge on any atom is -0.478 e. The Labute approximate surface area is 140 Å². The van der Waals surface area contributed by atoms with Crippen LogP contribution in [0.4, 0.5) is 11.6 Å². The fourth-order valence-corrected chi connectivity index (χ4v) is 2.45. The van der Waals surface area contributed by atoms with E-state index in [1.54, 1.807) is 6.92 Å². The van der Waals surface area contributed by atoms with E-state index >= 15 is 0 Å². The van der Waals surface area contributed by atoms with Gasteiger partial charge in [0, 0.05) is 0 Å². The number of amides is 1. The van der Waals surface area contributed by atoms with Crippen molar-refractivity contribution in [1.82, 2.24) is 15.0 Å². The van der Waals surface area contributed by atoms with Gasteiger partial charge in [0.15, 0.2) is 5.16 Å². The molecule has 1 aromatic heterocycles. The molecule has 0 saturated heterocycles. The van der Waals surface area contributed by atoms with Gasteiger partial charge in [0.05, 0.1) is 21.5 Å². The van der Waals surface area contributed by atoms with Gasteiger partial charge in [-0.3, -0.25) is 4.79 Å². The van der Waals surface area contributed by atoms with Gasteiger partial charge in [-0.2, -0.15) is 4.98 Å². The van der Waals surface area contributed by atoms with E-state index in [0.717, 1.165) is 11.8 Å². The number of aromatic carboxylic acids is 1. The minimum atomic E-state index is -1.11. The summed E-state index contributed by atoms with van der Waals surface area (Å²) >= 11 is 7.05. The highest BCUT2D eigenvalue weighted by Crippen LogP contribution is 2.25. The van der Waals surface area contributed by atoms with Crippen molar-refractivity contribution in [1.29, 1.82) is 0 Å². The first-order chi connectivity index (χ1) is 10.9. The van der Waals surface area contributed by atoms with E-state index in [2.05, 4.69) is 20.3 Å². The molecule has 1 amide bonds. The van der Waals surface area contributed by atoms with Crippen LogP contribution < -0.4 is 11.1 Å². The number of thioether (sulfide) groups is 1. The maximum Gasteiger partial charge on any atom is 0.335 e. The summed E-state index contributed by atoms with van der Waals surface area (Å²) in [5.41, 5.74) is 5.69. The van der Waals surface area contributed by atoms with Crippen molar-refractivity contribution in [2.45, 2.75) is 17.3 Å². The van der Waals surface area contributed by atoms with Gasteiger partial charge < -0.3 is 16.2 Å². The lowest BCUT2D eigenvalue weighted by Crippen LogP contribution is -2.23. The minimum absolute atomic E-state index is 0.0234. The van der Waals surface area contributed by atoms with Crippen molar-refractivity contribution < 1.29 is 14.7 Å². The lowest BCUT2D eigenvalue weighted by Gasteiger charge is -2.12. The second kappa shape index (κ2) is 7.25. The van der Waals surface area contributed by atoms with Crippen molar-refractivity contribution in [3.8, 4) is 0 Å². The van der Waals surface area contributed by atoms with Crippen LogP contribution in [0.5, 0.6) is 0 Å². The number of nitrogens with two attached hydrogens (primary N) is 1. The number of halogens is 1. The van der Waals surface area contributed by atoms with Crippen LogP contribution in [0.1, 0.15) is 17.3 Å². The molecule has 0 aliphatic heterocycles. The Morgan fingerprint density at radius 2 is 2.13 bits per heavy atom. The number of carbonyl (C=O) groups excluding carboxylic acids is 1. The van der Waals surface area contributed by atoms with E-state index in [9.17, 15) is 9.59 Å². The number of aromatic nitrogens is 3. The largest absolute Gasteiger partial charge is 0.478 e. The Hall–Kier alpha value is -2.39. The summed E-state index contributed by atoms with van der Waals surface area (Å²) in [6, 6.07) is 4.05. The lowest BCUT2D eigenvalue weighted by atomic mass is 10.2. The molecule has 0 aliphatic rings. The van der Waals surface area contributed by atoms with Gasteiger partial charge in [-0.05, 0) is 25.1 Å². The first kappa shape index (κ1) is 17.0. The molecule has 0 aliphatic carbocycles. The Morgan fingerprint density at radius 1 is 1.39 bits per heavy atom. The van der Waals surface area contributed by atoms with Gasteiger partial charge in [0.2, 0.25) is 11.9 Å². The van der Waals surface area contributed by atoms with E-state index in [1.165, 1.54) is 24.5 Å². The second-order valence-corrected chi connectivity index (χ2v) is 6.09. The number of hydrogen-bond donors (Lipinski definition) is 3. The van der Waals surface area contributed by atoms with E-state index < -0.39 is 11.2 Å². The number of hydrogen-bond acceptors (Lipinski definition) is 7. The zero-order valence-electron chi connectivity index (χ0n) is 11.9. The number of carboxylic acid groups (broad SMARTS) is 1. The number of nitrogens with zero attached hydrogens (tertiary/aromatic N) is 3. The van der Waals surface area contributed by atoms with Crippen LogP contribution in [0.25, 0.3) is 0 Å². The zero-order valence-corrected chi connectivity index (χ0v) is 13.4. The monoisotopic (exact) mass is 353 g/mol. The van der Waals surface area contributed by atoms with Crippen LogP contribution >= 0.6 is 23.4 Å². The second-order valence-electron chi connectivity index (χ2n) is 4.38. The summed E-state index contributed by atoms with van der Waals surface area (Å²) in [4.78, 5) is 34.6. The van der Waals surface area contributed by atoms with E-state index in [-0.39, 0.29) is 28.1 Å². The molecule has 10 heteroatoms. The molecule has 2 aromatic rings. The molecule has 1 unspecified atom stereocenters. The zero-order chi connectivity index (χ0) is 17.0. The summed E-state index contributed by atoms with van der Waals surface area (Å²) < 4.78 is 0. The van der Waals surface area contributed by atoms with Gasteiger partial charge in [-0.1, -0.05) is 23.4 Å². The molecular weight excluding hydrogens is 342 g/mol. The molecule has 0 saturated carbocycles. The number of carbonyl (C=O) groups is 2. The quantitative estimate of drug-likeness (QED) is 0.695. The summed E-state index contributed by atoms with van der Waals surface area (Å²) in [5, 5.41) is 11.5. The Bertz CT molecular complexity index is 758. The van der Waals surface area contributed by atoms with Crippen LogP contribution in [0.15, 0.2) is 29.7 Å². The molecule has 4 N–H and O–H groups in total. The lowest BCUT2D eigenvalue weighted by molar-refractivity contribution is -0.115. The molecular formula is C13H12ClN5O3S. The third-order valence-corrected chi connectivity index (χ3v) is 4.00. The van der Waals surface area contributed by atoms with E-state index in [1.807, 2.05) is 0 Å². The molecule has 0 spiro atoms. The first-order valence-electron chi connectivity index (χ1n) is 6.31. The third kappa shape index (κ3) is 4.54. The number of carboxylic acids is 1. The molecule has 8 nitrogen and oxygen atoms in total. The van der Waals surface area contributed by atoms with Gasteiger partial charge in [-0.15, -0.1) is 0 Å². The number of nitrogens with one attached hydrogen (secondary N) is 1. The highest BCUT2D eigenvalue weighted by atomic mass is 35.5. The normalized spacial score (nSPS) is 11.7. The van der Waals surface area contributed by atoms with Crippen LogP contribution in [0.2, 0.25) is 5.02 Å². The number of rotatable bonds is 5. The molecule has 23 heavy (non-hydrogen) atoms. The topological polar surface area (TPSA) is 131 Å². The highest BCUT2D eigenvalue weighted by Gasteiger charge is 2.18. The van der Waals surface area contributed by atoms with Crippen LogP contribution in [0.3, 0.4) is 0 Å². The van der Waals surface area contributed by atoms with E-state index in [0.29, 0.717) is 5.16 Å². The average Bonchev–Trinajstić information content (AvgIpc) is 2.49. The van der Waals surface area contributed by atoms with Crippen molar-refractivity contribution in [3.05, 3.63) is 35.1 Å². The number of benzene rings is 1. The average molecular weight is 354 g/mol. The van der Waals surface area contributed by atoms with Gasteiger partial charge in [0.1, 0.15) is 6.33 Å². The molecule has 0 fully saturated rings. The molecule has 2 rings (SSSR count). The standard InChI is InChI=1S/C13H12ClN5O3S/c1-6(23-13-17-5-16-12(15)19-13)10(20)18-9-4-7(11(21)22)2-3-8(9)14/h2-6H,1H3,(H,18,20)(H,21,22)(H2,15,16,17,19). The Morgan fingerprint density at radius 3 is 2.78 bits per heavy atom. The fraction of sp³-hybridized carbons (Fsp3) is 0.154. The van der Waals surface area contributed by atoms with Gasteiger partial charge in [-0.25, -0.2) is 14.8 Å². The summed E-state index contributed by atoms with van der Waals surface area (Å²) in [5.74, 6) is -1.43. The molecule has 0 bridgehead atoms. The highest BCUT2D eigenvalue weighted by molar-refractivity contribution is 8.00. The maximum atomic E-state index is 12.2. The van der Waals surface area contributed by atoms with Crippen LogP contribution in [-0.2, 0) is 4.79 Å². The molecule has 1 heterocycles. The number of nitrogen functional groups attached to an aromatic ring is 1. The summed E-state index contributed by atoms with van der Waals surface area (Å²) in [7, 11) is 0. The summed E-state index contributed by atoms with van der Waals surface area (Å²) in [6.07, 6.45) is 1.25. The predicted molar refractivity (Wildman–Crippen MR) is 86.6 cm³/mol. The number of anilines is 2. The van der Waals surface area contributed by atoms with Crippen LogP contribution in [-0.4, -0.2) is 37.2 Å². The molecule has 1 aromatic carbocycles.